The molecule has 2 unspecified atom stereocenters. The zero-order chi connectivity index (χ0) is 18.1. The molecule has 6 heteroatoms. The van der Waals surface area contributed by atoms with Gasteiger partial charge in [0.1, 0.15) is 11.7 Å². The fourth-order valence-corrected chi connectivity index (χ4v) is 3.15. The van der Waals surface area contributed by atoms with E-state index in [2.05, 4.69) is 0 Å². The maximum atomic E-state index is 12.8. The lowest BCUT2D eigenvalue weighted by Crippen LogP contribution is -2.40. The van der Waals surface area contributed by atoms with Crippen LogP contribution < -0.4 is 9.64 Å². The summed E-state index contributed by atoms with van der Waals surface area (Å²) < 4.78 is 5.74. The Labute approximate surface area is 150 Å². The fraction of sp³-hybridized carbons (Fsp3) is 0.263. The second-order valence-electron chi connectivity index (χ2n) is 6.09. The summed E-state index contributed by atoms with van der Waals surface area (Å²) in [5.74, 6) is -1.54. The quantitative estimate of drug-likeness (QED) is 0.905. The molecule has 0 fully saturated rings. The number of anilines is 1. The van der Waals surface area contributed by atoms with Gasteiger partial charge in [0.25, 0.3) is 5.91 Å². The monoisotopic (exact) mass is 359 g/mol. The zero-order valence-corrected chi connectivity index (χ0v) is 14.7. The van der Waals surface area contributed by atoms with Crippen LogP contribution in [0.1, 0.15) is 24.0 Å². The number of aryl methyl sites for hydroxylation is 1. The summed E-state index contributed by atoms with van der Waals surface area (Å²) in [6.45, 7) is 3.64. The summed E-state index contributed by atoms with van der Waals surface area (Å²) >= 11 is 6.12. The number of aliphatic carboxylic acids is 1. The number of benzene rings is 2. The molecule has 3 rings (SSSR count). The van der Waals surface area contributed by atoms with Gasteiger partial charge in [-0.2, -0.15) is 0 Å². The number of halogens is 1. The number of hydrogen-bond donors (Lipinski definition) is 1. The third-order valence-corrected chi connectivity index (χ3v) is 4.58. The first kappa shape index (κ1) is 17.3. The predicted octanol–water partition coefficient (Wildman–Crippen LogP) is 3.63. The number of ether oxygens (including phenoxy) is 1. The minimum Gasteiger partial charge on any atom is -0.481 e. The Morgan fingerprint density at radius 2 is 2.00 bits per heavy atom. The summed E-state index contributed by atoms with van der Waals surface area (Å²) in [7, 11) is 0. The van der Waals surface area contributed by atoms with Crippen molar-refractivity contribution in [3.8, 4) is 5.75 Å². The summed E-state index contributed by atoms with van der Waals surface area (Å²) in [5.41, 5.74) is 2.23. The highest BCUT2D eigenvalue weighted by Crippen LogP contribution is 2.37. The lowest BCUT2D eigenvalue weighted by atomic mass is 10.0. The van der Waals surface area contributed by atoms with E-state index in [-0.39, 0.29) is 12.5 Å². The highest BCUT2D eigenvalue weighted by Gasteiger charge is 2.38. The van der Waals surface area contributed by atoms with Gasteiger partial charge in [0, 0.05) is 12.2 Å². The van der Waals surface area contributed by atoms with E-state index in [4.69, 9.17) is 16.3 Å². The van der Waals surface area contributed by atoms with E-state index in [0.29, 0.717) is 22.0 Å². The first-order valence-electron chi connectivity index (χ1n) is 7.94. The molecule has 5 nitrogen and oxygen atoms in total. The van der Waals surface area contributed by atoms with Gasteiger partial charge in [-0.25, -0.2) is 0 Å². The third kappa shape index (κ3) is 3.33. The van der Waals surface area contributed by atoms with Crippen molar-refractivity contribution in [2.24, 2.45) is 0 Å². The van der Waals surface area contributed by atoms with E-state index >= 15 is 0 Å². The molecule has 0 saturated heterocycles. The summed E-state index contributed by atoms with van der Waals surface area (Å²) in [6.07, 6.45) is -0.792. The normalized spacial score (nSPS) is 17.1. The lowest BCUT2D eigenvalue weighted by Gasteiger charge is -2.23. The van der Waals surface area contributed by atoms with Crippen LogP contribution in [0.15, 0.2) is 42.5 Å². The first-order valence-corrected chi connectivity index (χ1v) is 8.32. The summed E-state index contributed by atoms with van der Waals surface area (Å²) in [6, 6.07) is 12.4. The van der Waals surface area contributed by atoms with E-state index in [1.165, 1.54) is 4.90 Å². The number of rotatable bonds is 4. The fourth-order valence-electron chi connectivity index (χ4n) is 2.99. The molecule has 0 saturated carbocycles. The standard InChI is InChI=1S/C19H18ClNO4/c1-11-7-8-15(20)17(9-11)25-12(2)18(22)21-10-14(19(23)24)13-5-3-4-6-16(13)21/h3-9,12,14H,10H2,1-2H3,(H,23,24). The van der Waals surface area contributed by atoms with Crippen molar-refractivity contribution in [2.75, 3.05) is 11.4 Å². The first-order chi connectivity index (χ1) is 11.9. The van der Waals surface area contributed by atoms with E-state index in [0.717, 1.165) is 5.56 Å². The topological polar surface area (TPSA) is 66.8 Å². The molecule has 1 heterocycles. The van der Waals surface area contributed by atoms with Gasteiger partial charge in [-0.05, 0) is 43.2 Å². The van der Waals surface area contributed by atoms with Crippen molar-refractivity contribution in [3.63, 3.8) is 0 Å². The third-order valence-electron chi connectivity index (χ3n) is 4.27. The van der Waals surface area contributed by atoms with Crippen LogP contribution in [0, 0.1) is 6.92 Å². The molecule has 0 spiro atoms. The number of carbonyl (C=O) groups is 2. The number of carboxylic acids is 1. The number of amides is 1. The average molecular weight is 360 g/mol. The van der Waals surface area contributed by atoms with Gasteiger partial charge in [-0.15, -0.1) is 0 Å². The van der Waals surface area contributed by atoms with Crippen LogP contribution in [0.4, 0.5) is 5.69 Å². The van der Waals surface area contributed by atoms with E-state index in [9.17, 15) is 14.7 Å². The number of nitrogens with zero attached hydrogens (tertiary/aromatic N) is 1. The van der Waals surface area contributed by atoms with Crippen molar-refractivity contribution in [3.05, 3.63) is 58.6 Å². The maximum absolute atomic E-state index is 12.8. The molecule has 130 valence electrons. The minimum atomic E-state index is -0.946. The Kier molecular flexibility index (Phi) is 4.68. The zero-order valence-electron chi connectivity index (χ0n) is 13.9. The molecule has 1 amide bonds. The van der Waals surface area contributed by atoms with E-state index < -0.39 is 18.0 Å². The van der Waals surface area contributed by atoms with Crippen molar-refractivity contribution in [2.45, 2.75) is 25.9 Å². The van der Waals surface area contributed by atoms with Crippen molar-refractivity contribution < 1.29 is 19.4 Å². The second-order valence-corrected chi connectivity index (χ2v) is 6.50. The Bertz CT molecular complexity index is 836. The molecule has 0 radical (unpaired) electrons. The summed E-state index contributed by atoms with van der Waals surface area (Å²) in [5, 5.41) is 9.84. The van der Waals surface area contributed by atoms with Crippen LogP contribution in [0.2, 0.25) is 5.02 Å². The van der Waals surface area contributed by atoms with E-state index in [1.807, 2.05) is 13.0 Å². The average Bonchev–Trinajstić information content (AvgIpc) is 2.97. The number of para-hydroxylation sites is 1. The Hall–Kier alpha value is -2.53. The smallest absolute Gasteiger partial charge is 0.312 e. The summed E-state index contributed by atoms with van der Waals surface area (Å²) in [4.78, 5) is 25.8. The van der Waals surface area contributed by atoms with Crippen LogP contribution >= 0.6 is 11.6 Å². The van der Waals surface area contributed by atoms with Gasteiger partial charge < -0.3 is 14.7 Å². The molecule has 0 bridgehead atoms. The van der Waals surface area contributed by atoms with Gasteiger partial charge in [-0.3, -0.25) is 9.59 Å². The minimum absolute atomic E-state index is 0.1000. The number of carboxylic acid groups (broad SMARTS) is 1. The molecule has 1 aliphatic rings. The van der Waals surface area contributed by atoms with Crippen molar-refractivity contribution >= 4 is 29.2 Å². The predicted molar refractivity (Wildman–Crippen MR) is 95.5 cm³/mol. The largest absolute Gasteiger partial charge is 0.481 e. The van der Waals surface area contributed by atoms with Crippen LogP contribution in [-0.4, -0.2) is 29.6 Å². The molecule has 2 atom stereocenters. The van der Waals surface area contributed by atoms with Crippen LogP contribution in [0.3, 0.4) is 0 Å². The number of carbonyl (C=O) groups excluding carboxylic acids is 1. The Balaban J connectivity index is 1.83. The molecule has 2 aromatic rings. The Morgan fingerprint density at radius 3 is 2.72 bits per heavy atom. The van der Waals surface area contributed by atoms with Crippen LogP contribution in [0.25, 0.3) is 0 Å². The van der Waals surface area contributed by atoms with Gasteiger partial charge in [0.05, 0.1) is 5.02 Å². The van der Waals surface area contributed by atoms with Gasteiger partial charge >= 0.3 is 5.97 Å². The lowest BCUT2D eigenvalue weighted by molar-refractivity contribution is -0.138. The second kappa shape index (κ2) is 6.76. The van der Waals surface area contributed by atoms with Gasteiger partial charge in [0.2, 0.25) is 0 Å². The van der Waals surface area contributed by atoms with Crippen LogP contribution in [-0.2, 0) is 9.59 Å². The molecule has 0 aromatic heterocycles. The number of fused-ring (bicyclic) bond motifs is 1. The highest BCUT2D eigenvalue weighted by molar-refractivity contribution is 6.32. The van der Waals surface area contributed by atoms with Gasteiger partial charge in [0.15, 0.2) is 6.10 Å². The van der Waals surface area contributed by atoms with E-state index in [1.54, 1.807) is 43.3 Å². The van der Waals surface area contributed by atoms with Crippen molar-refractivity contribution in [1.82, 2.24) is 0 Å². The molecular formula is C19H18ClNO4. The molecule has 25 heavy (non-hydrogen) atoms. The van der Waals surface area contributed by atoms with Crippen molar-refractivity contribution in [1.29, 1.82) is 0 Å². The van der Waals surface area contributed by atoms with Gasteiger partial charge in [-0.1, -0.05) is 35.9 Å². The number of hydrogen-bond acceptors (Lipinski definition) is 3. The molecule has 0 aliphatic carbocycles. The van der Waals surface area contributed by atoms with Crippen LogP contribution in [0.5, 0.6) is 5.75 Å². The molecule has 1 N–H and O–H groups in total. The Morgan fingerprint density at radius 1 is 1.28 bits per heavy atom. The molecular weight excluding hydrogens is 342 g/mol. The highest BCUT2D eigenvalue weighted by atomic mass is 35.5. The molecule has 1 aliphatic heterocycles. The SMILES string of the molecule is Cc1ccc(Cl)c(OC(C)C(=O)N2CC(C(=O)O)c3ccccc32)c1. The maximum Gasteiger partial charge on any atom is 0.312 e. The molecule has 2 aromatic carbocycles.